The Morgan fingerprint density at radius 3 is 2.70 bits per heavy atom. The fourth-order valence-electron chi connectivity index (χ4n) is 2.39. The molecule has 0 fully saturated rings. The van der Waals surface area contributed by atoms with Crippen LogP contribution in [0.1, 0.15) is 16.8 Å². The Labute approximate surface area is 119 Å². The largest absolute Gasteiger partial charge is 0.395 e. The van der Waals surface area contributed by atoms with Crippen LogP contribution >= 0.6 is 0 Å². The molecule has 0 aliphatic rings. The lowest BCUT2D eigenvalue weighted by molar-refractivity contribution is -0.129. The molecule has 0 saturated carbocycles. The predicted octanol–water partition coefficient (Wildman–Crippen LogP) is 1.84. The fourth-order valence-corrected chi connectivity index (χ4v) is 2.39. The second kappa shape index (κ2) is 6.01. The van der Waals surface area contributed by atoms with Crippen LogP contribution in [0.5, 0.6) is 0 Å². The van der Waals surface area contributed by atoms with Gasteiger partial charge in [-0.2, -0.15) is 0 Å². The molecule has 4 nitrogen and oxygen atoms in total. The maximum absolute atomic E-state index is 12.1. The van der Waals surface area contributed by atoms with E-state index in [4.69, 9.17) is 5.11 Å². The minimum atomic E-state index is -0.0177. The maximum atomic E-state index is 12.1. The number of hydrogen-bond donors (Lipinski definition) is 1. The van der Waals surface area contributed by atoms with Crippen molar-refractivity contribution in [3.8, 4) is 0 Å². The molecule has 0 bridgehead atoms. The average Bonchev–Trinajstić information content (AvgIpc) is 2.43. The van der Waals surface area contributed by atoms with E-state index in [1.807, 2.05) is 38.1 Å². The molecule has 0 aliphatic heterocycles. The molecule has 4 heteroatoms. The monoisotopic (exact) mass is 272 g/mol. The van der Waals surface area contributed by atoms with Crippen molar-refractivity contribution in [1.82, 2.24) is 9.88 Å². The number of fused-ring (bicyclic) bond motifs is 1. The van der Waals surface area contributed by atoms with Gasteiger partial charge in [0.25, 0.3) is 0 Å². The van der Waals surface area contributed by atoms with E-state index in [1.54, 1.807) is 11.9 Å². The van der Waals surface area contributed by atoms with Crippen LogP contribution in [-0.4, -0.2) is 41.1 Å². The highest BCUT2D eigenvalue weighted by Crippen LogP contribution is 2.23. The first kappa shape index (κ1) is 14.5. The van der Waals surface area contributed by atoms with Crippen LogP contribution in [-0.2, 0) is 11.2 Å². The van der Waals surface area contributed by atoms with Crippen molar-refractivity contribution >= 4 is 16.8 Å². The molecule has 2 aromatic rings. The Kier molecular flexibility index (Phi) is 4.35. The van der Waals surface area contributed by atoms with E-state index >= 15 is 0 Å². The molecule has 106 valence electrons. The molecule has 1 aromatic carbocycles. The topological polar surface area (TPSA) is 53.4 Å². The molecule has 1 aromatic heterocycles. The third kappa shape index (κ3) is 2.80. The van der Waals surface area contributed by atoms with Crippen molar-refractivity contribution in [2.75, 3.05) is 20.2 Å². The van der Waals surface area contributed by atoms with Crippen molar-refractivity contribution in [1.29, 1.82) is 0 Å². The molecule has 2 rings (SSSR count). The van der Waals surface area contributed by atoms with Gasteiger partial charge >= 0.3 is 0 Å². The molecule has 0 saturated heterocycles. The zero-order valence-electron chi connectivity index (χ0n) is 12.2. The average molecular weight is 272 g/mol. The summed E-state index contributed by atoms with van der Waals surface area (Å²) in [6.45, 7) is 4.31. The molecule has 0 radical (unpaired) electrons. The molecular weight excluding hydrogens is 252 g/mol. The summed E-state index contributed by atoms with van der Waals surface area (Å²) in [5.41, 5.74) is 3.95. The zero-order chi connectivity index (χ0) is 14.7. The van der Waals surface area contributed by atoms with Crippen molar-refractivity contribution in [2.24, 2.45) is 0 Å². The summed E-state index contributed by atoms with van der Waals surface area (Å²) in [5.74, 6) is 0.00216. The van der Waals surface area contributed by atoms with Gasteiger partial charge in [0.2, 0.25) is 5.91 Å². The number of benzene rings is 1. The number of aliphatic hydroxyl groups is 1. The Balaban J connectivity index is 2.37. The Morgan fingerprint density at radius 2 is 2.00 bits per heavy atom. The van der Waals surface area contributed by atoms with Gasteiger partial charge in [-0.15, -0.1) is 0 Å². The van der Waals surface area contributed by atoms with Crippen molar-refractivity contribution < 1.29 is 9.90 Å². The number of aryl methyl sites for hydroxylation is 2. The number of carbonyl (C=O) groups excluding carboxylic acids is 1. The van der Waals surface area contributed by atoms with Gasteiger partial charge in [0.05, 0.1) is 18.5 Å². The lowest BCUT2D eigenvalue weighted by Crippen LogP contribution is -2.31. The first-order valence-corrected chi connectivity index (χ1v) is 6.74. The Bertz CT molecular complexity index is 638. The Morgan fingerprint density at radius 1 is 1.30 bits per heavy atom. The van der Waals surface area contributed by atoms with Crippen LogP contribution in [0.4, 0.5) is 0 Å². The van der Waals surface area contributed by atoms with Gasteiger partial charge in [-0.3, -0.25) is 9.78 Å². The van der Waals surface area contributed by atoms with E-state index in [0.717, 1.165) is 27.7 Å². The maximum Gasteiger partial charge on any atom is 0.226 e. The van der Waals surface area contributed by atoms with Gasteiger partial charge < -0.3 is 10.0 Å². The highest BCUT2D eigenvalue weighted by molar-refractivity contribution is 5.86. The van der Waals surface area contributed by atoms with Crippen LogP contribution < -0.4 is 0 Å². The molecular formula is C16H20N2O2. The number of aromatic nitrogens is 1. The third-order valence-corrected chi connectivity index (χ3v) is 3.67. The lowest BCUT2D eigenvalue weighted by Gasteiger charge is -2.18. The van der Waals surface area contributed by atoms with Crippen LogP contribution in [0, 0.1) is 13.8 Å². The minimum Gasteiger partial charge on any atom is -0.395 e. The summed E-state index contributed by atoms with van der Waals surface area (Å²) in [7, 11) is 1.71. The minimum absolute atomic E-state index is 0.00216. The van der Waals surface area contributed by atoms with Gasteiger partial charge in [-0.05, 0) is 31.0 Å². The van der Waals surface area contributed by atoms with Gasteiger partial charge in [-0.25, -0.2) is 0 Å². The van der Waals surface area contributed by atoms with Crippen LogP contribution in [0.25, 0.3) is 10.9 Å². The molecule has 1 heterocycles. The van der Waals surface area contributed by atoms with Gasteiger partial charge in [0.1, 0.15) is 0 Å². The summed E-state index contributed by atoms with van der Waals surface area (Å²) in [5, 5.41) is 9.98. The zero-order valence-corrected chi connectivity index (χ0v) is 12.2. The number of para-hydroxylation sites is 1. The normalized spacial score (nSPS) is 10.8. The highest BCUT2D eigenvalue weighted by atomic mass is 16.3. The number of carbonyl (C=O) groups is 1. The van der Waals surface area contributed by atoms with E-state index in [9.17, 15) is 4.79 Å². The van der Waals surface area contributed by atoms with Crippen molar-refractivity contribution in [2.45, 2.75) is 20.3 Å². The van der Waals surface area contributed by atoms with Crippen molar-refractivity contribution in [3.63, 3.8) is 0 Å². The van der Waals surface area contributed by atoms with Crippen LogP contribution in [0.15, 0.2) is 24.3 Å². The number of nitrogens with zero attached hydrogens (tertiary/aromatic N) is 2. The summed E-state index contributed by atoms with van der Waals surface area (Å²) in [4.78, 5) is 18.3. The molecule has 0 aliphatic carbocycles. The number of rotatable bonds is 4. The van der Waals surface area contributed by atoms with Crippen molar-refractivity contribution in [3.05, 3.63) is 41.1 Å². The number of likely N-dealkylation sites (N-methyl/N-ethyl adjacent to an activating group) is 1. The van der Waals surface area contributed by atoms with Gasteiger partial charge in [0, 0.05) is 24.7 Å². The van der Waals surface area contributed by atoms with Gasteiger partial charge in [0.15, 0.2) is 0 Å². The first-order valence-electron chi connectivity index (χ1n) is 6.74. The predicted molar refractivity (Wildman–Crippen MR) is 79.6 cm³/mol. The summed E-state index contributed by atoms with van der Waals surface area (Å²) >= 11 is 0. The smallest absolute Gasteiger partial charge is 0.226 e. The fraction of sp³-hybridized carbons (Fsp3) is 0.375. The van der Waals surface area contributed by atoms with E-state index in [1.165, 1.54) is 0 Å². The lowest BCUT2D eigenvalue weighted by atomic mass is 9.99. The SMILES string of the molecule is Cc1nc2ccccc2c(C)c1CC(=O)N(C)CCO. The van der Waals surface area contributed by atoms with E-state index < -0.39 is 0 Å². The molecule has 1 N–H and O–H groups in total. The molecule has 0 spiro atoms. The summed E-state index contributed by atoms with van der Waals surface area (Å²) in [6.07, 6.45) is 0.325. The number of amides is 1. The molecule has 20 heavy (non-hydrogen) atoms. The number of pyridine rings is 1. The summed E-state index contributed by atoms with van der Waals surface area (Å²) in [6, 6.07) is 7.96. The van der Waals surface area contributed by atoms with Crippen LogP contribution in [0.2, 0.25) is 0 Å². The van der Waals surface area contributed by atoms with E-state index in [-0.39, 0.29) is 12.5 Å². The van der Waals surface area contributed by atoms with E-state index in [2.05, 4.69) is 4.98 Å². The first-order chi connectivity index (χ1) is 9.54. The molecule has 1 amide bonds. The molecule has 0 atom stereocenters. The highest BCUT2D eigenvalue weighted by Gasteiger charge is 2.15. The standard InChI is InChI=1S/C16H20N2O2/c1-11-13-6-4-5-7-15(13)17-12(2)14(11)10-16(20)18(3)8-9-19/h4-7,19H,8-10H2,1-3H3. The second-order valence-electron chi connectivity index (χ2n) is 5.03. The van der Waals surface area contributed by atoms with Gasteiger partial charge in [-0.1, -0.05) is 18.2 Å². The van der Waals surface area contributed by atoms with E-state index in [0.29, 0.717) is 13.0 Å². The number of hydrogen-bond acceptors (Lipinski definition) is 3. The second-order valence-corrected chi connectivity index (χ2v) is 5.03. The van der Waals surface area contributed by atoms with Crippen LogP contribution in [0.3, 0.4) is 0 Å². The summed E-state index contributed by atoms with van der Waals surface area (Å²) < 4.78 is 0. The molecule has 0 unspecified atom stereocenters. The Hall–Kier alpha value is -1.94. The number of aliphatic hydroxyl groups excluding tert-OH is 1. The third-order valence-electron chi connectivity index (χ3n) is 3.67. The quantitative estimate of drug-likeness (QED) is 0.924.